The Balaban J connectivity index is 1.52. The molecule has 2 aromatic carbocycles. The van der Waals surface area contributed by atoms with Crippen molar-refractivity contribution < 1.29 is 19.1 Å². The number of nitrogens with two attached hydrogens (primary N) is 1. The number of hydrogen-bond acceptors (Lipinski definition) is 5. The van der Waals surface area contributed by atoms with E-state index in [1.54, 1.807) is 12.1 Å². The molecule has 0 atom stereocenters. The van der Waals surface area contributed by atoms with Crippen LogP contribution in [-0.2, 0) is 16.1 Å². The summed E-state index contributed by atoms with van der Waals surface area (Å²) in [6.45, 7) is 0.241. The summed E-state index contributed by atoms with van der Waals surface area (Å²) in [4.78, 5) is 24.2. The van der Waals surface area contributed by atoms with Gasteiger partial charge in [0.15, 0.2) is 6.61 Å². The quantitative estimate of drug-likeness (QED) is 0.579. The molecule has 0 bridgehead atoms. The molecule has 6 heteroatoms. The lowest BCUT2D eigenvalue weighted by molar-refractivity contribution is -0.123. The van der Waals surface area contributed by atoms with Crippen molar-refractivity contribution in [2.45, 2.75) is 38.3 Å². The molecule has 3 N–H and O–H groups in total. The average Bonchev–Trinajstić information content (AvgIpc) is 3.19. The lowest BCUT2D eigenvalue weighted by atomic mass is 10.2. The molecular weight excluding hydrogens is 344 g/mol. The molecule has 0 unspecified atom stereocenters. The summed E-state index contributed by atoms with van der Waals surface area (Å²) in [6.07, 6.45) is 3.98. The van der Waals surface area contributed by atoms with E-state index in [0.29, 0.717) is 23.5 Å². The van der Waals surface area contributed by atoms with Gasteiger partial charge in [-0.3, -0.25) is 4.79 Å². The zero-order chi connectivity index (χ0) is 19.1. The Morgan fingerprint density at radius 3 is 2.56 bits per heavy atom. The maximum atomic E-state index is 12.3. The molecule has 0 heterocycles. The summed E-state index contributed by atoms with van der Waals surface area (Å²) in [7, 11) is 0. The Labute approximate surface area is 158 Å². The van der Waals surface area contributed by atoms with E-state index in [9.17, 15) is 9.59 Å². The standard InChI is InChI=1S/C21H24N2O4/c22-18-11-10-16(21(25)27-17-8-4-5-9-17)12-19(18)26-14-20(24)23-13-15-6-2-1-3-7-15/h1-3,6-7,10-12,17H,4-5,8-9,13-14,22H2,(H,23,24). The van der Waals surface area contributed by atoms with Crippen LogP contribution in [0.3, 0.4) is 0 Å². The number of hydrogen-bond donors (Lipinski definition) is 2. The molecule has 3 rings (SSSR count). The van der Waals surface area contributed by atoms with Crippen molar-refractivity contribution in [1.82, 2.24) is 5.32 Å². The minimum Gasteiger partial charge on any atom is -0.482 e. The number of ether oxygens (including phenoxy) is 2. The second-order valence-corrected chi connectivity index (χ2v) is 6.62. The minimum absolute atomic E-state index is 0.0109. The first-order valence-electron chi connectivity index (χ1n) is 9.16. The molecule has 2 aromatic rings. The van der Waals surface area contributed by atoms with Gasteiger partial charge in [-0.25, -0.2) is 4.79 Å². The highest BCUT2D eigenvalue weighted by Gasteiger charge is 2.20. The molecule has 0 saturated heterocycles. The Hall–Kier alpha value is -3.02. The Morgan fingerprint density at radius 1 is 1.07 bits per heavy atom. The summed E-state index contributed by atoms with van der Waals surface area (Å²) in [6, 6.07) is 14.3. The van der Waals surface area contributed by atoms with Gasteiger partial charge in [-0.2, -0.15) is 0 Å². The molecule has 1 aliphatic rings. The molecular formula is C21H24N2O4. The van der Waals surface area contributed by atoms with Crippen molar-refractivity contribution in [1.29, 1.82) is 0 Å². The number of rotatable bonds is 7. The fourth-order valence-corrected chi connectivity index (χ4v) is 3.00. The van der Waals surface area contributed by atoms with Crippen LogP contribution >= 0.6 is 0 Å². The van der Waals surface area contributed by atoms with Gasteiger partial charge in [-0.05, 0) is 49.4 Å². The van der Waals surface area contributed by atoms with Gasteiger partial charge < -0.3 is 20.5 Å². The van der Waals surface area contributed by atoms with E-state index < -0.39 is 0 Å². The van der Waals surface area contributed by atoms with Crippen LogP contribution in [0, 0.1) is 0 Å². The summed E-state index contributed by atoms with van der Waals surface area (Å²) in [5.74, 6) is -0.358. The van der Waals surface area contributed by atoms with Gasteiger partial charge in [0.2, 0.25) is 0 Å². The summed E-state index contributed by atoms with van der Waals surface area (Å²) in [5, 5.41) is 2.78. The van der Waals surface area contributed by atoms with E-state index in [1.165, 1.54) is 6.07 Å². The summed E-state index contributed by atoms with van der Waals surface area (Å²) in [5.41, 5.74) is 7.63. The molecule has 1 aliphatic carbocycles. The fraction of sp³-hybridized carbons (Fsp3) is 0.333. The number of carbonyl (C=O) groups excluding carboxylic acids is 2. The molecule has 142 valence electrons. The Morgan fingerprint density at radius 2 is 1.81 bits per heavy atom. The normalized spacial score (nSPS) is 13.9. The van der Waals surface area contributed by atoms with E-state index in [1.807, 2.05) is 30.3 Å². The maximum absolute atomic E-state index is 12.3. The molecule has 27 heavy (non-hydrogen) atoms. The van der Waals surface area contributed by atoms with Crippen LogP contribution in [0.25, 0.3) is 0 Å². The number of carbonyl (C=O) groups is 2. The number of esters is 1. The number of anilines is 1. The SMILES string of the molecule is Nc1ccc(C(=O)OC2CCCC2)cc1OCC(=O)NCc1ccccc1. The molecule has 1 fully saturated rings. The van der Waals surface area contributed by atoms with Gasteiger partial charge in [0.05, 0.1) is 11.3 Å². The topological polar surface area (TPSA) is 90.7 Å². The van der Waals surface area contributed by atoms with Crippen molar-refractivity contribution in [2.75, 3.05) is 12.3 Å². The monoisotopic (exact) mass is 368 g/mol. The van der Waals surface area contributed by atoms with E-state index >= 15 is 0 Å². The number of nitrogens with one attached hydrogen (secondary N) is 1. The van der Waals surface area contributed by atoms with Gasteiger partial charge in [-0.1, -0.05) is 30.3 Å². The van der Waals surface area contributed by atoms with Crippen LogP contribution in [-0.4, -0.2) is 24.6 Å². The molecule has 0 radical (unpaired) electrons. The second kappa shape index (κ2) is 9.07. The first-order chi connectivity index (χ1) is 13.1. The van der Waals surface area contributed by atoms with Crippen molar-refractivity contribution in [3.05, 3.63) is 59.7 Å². The molecule has 0 aromatic heterocycles. The largest absolute Gasteiger partial charge is 0.482 e. The molecule has 1 saturated carbocycles. The zero-order valence-corrected chi connectivity index (χ0v) is 15.1. The predicted molar refractivity (Wildman–Crippen MR) is 102 cm³/mol. The third kappa shape index (κ3) is 5.48. The number of benzene rings is 2. The molecule has 0 aliphatic heterocycles. The van der Waals surface area contributed by atoms with Crippen molar-refractivity contribution in [2.24, 2.45) is 0 Å². The van der Waals surface area contributed by atoms with Gasteiger partial charge in [-0.15, -0.1) is 0 Å². The number of nitrogen functional groups attached to an aromatic ring is 1. The highest BCUT2D eigenvalue weighted by atomic mass is 16.5. The van der Waals surface area contributed by atoms with Crippen LogP contribution in [0.15, 0.2) is 48.5 Å². The smallest absolute Gasteiger partial charge is 0.338 e. The Bertz CT molecular complexity index is 786. The molecule has 6 nitrogen and oxygen atoms in total. The van der Waals surface area contributed by atoms with Crippen molar-refractivity contribution >= 4 is 17.6 Å². The van der Waals surface area contributed by atoms with Gasteiger partial charge in [0, 0.05) is 6.54 Å². The average molecular weight is 368 g/mol. The van der Waals surface area contributed by atoms with Crippen LogP contribution < -0.4 is 15.8 Å². The summed E-state index contributed by atoms with van der Waals surface area (Å²) < 4.78 is 11.0. The van der Waals surface area contributed by atoms with Crippen molar-refractivity contribution in [3.8, 4) is 5.75 Å². The van der Waals surface area contributed by atoms with Gasteiger partial charge in [0.25, 0.3) is 5.91 Å². The zero-order valence-electron chi connectivity index (χ0n) is 15.1. The van der Waals surface area contributed by atoms with Crippen LogP contribution in [0.5, 0.6) is 5.75 Å². The summed E-state index contributed by atoms with van der Waals surface area (Å²) >= 11 is 0. The van der Waals surface area contributed by atoms with Crippen LogP contribution in [0.1, 0.15) is 41.6 Å². The van der Waals surface area contributed by atoms with Crippen LogP contribution in [0.4, 0.5) is 5.69 Å². The molecule has 0 spiro atoms. The minimum atomic E-state index is -0.389. The highest BCUT2D eigenvalue weighted by molar-refractivity contribution is 5.91. The first kappa shape index (κ1) is 18.8. The van der Waals surface area contributed by atoms with E-state index in [-0.39, 0.29) is 24.6 Å². The highest BCUT2D eigenvalue weighted by Crippen LogP contribution is 2.26. The lowest BCUT2D eigenvalue weighted by Gasteiger charge is -2.13. The third-order valence-electron chi connectivity index (χ3n) is 4.52. The fourth-order valence-electron chi connectivity index (χ4n) is 3.00. The number of amides is 1. The van der Waals surface area contributed by atoms with E-state index in [0.717, 1.165) is 31.2 Å². The first-order valence-corrected chi connectivity index (χ1v) is 9.16. The lowest BCUT2D eigenvalue weighted by Crippen LogP contribution is -2.28. The predicted octanol–water partition coefficient (Wildman–Crippen LogP) is 3.06. The molecule has 1 amide bonds. The van der Waals surface area contributed by atoms with E-state index in [2.05, 4.69) is 5.32 Å². The van der Waals surface area contributed by atoms with Gasteiger partial charge >= 0.3 is 5.97 Å². The van der Waals surface area contributed by atoms with Crippen LogP contribution in [0.2, 0.25) is 0 Å². The maximum Gasteiger partial charge on any atom is 0.338 e. The van der Waals surface area contributed by atoms with E-state index in [4.69, 9.17) is 15.2 Å². The van der Waals surface area contributed by atoms with Gasteiger partial charge in [0.1, 0.15) is 11.9 Å². The van der Waals surface area contributed by atoms with Crippen molar-refractivity contribution in [3.63, 3.8) is 0 Å². The third-order valence-corrected chi connectivity index (χ3v) is 4.52. The Kier molecular flexibility index (Phi) is 6.30. The second-order valence-electron chi connectivity index (χ2n) is 6.62.